The summed E-state index contributed by atoms with van der Waals surface area (Å²) >= 11 is 14.4. The lowest BCUT2D eigenvalue weighted by molar-refractivity contribution is -0.125. The molecule has 1 atom stereocenters. The lowest BCUT2D eigenvalue weighted by Crippen LogP contribution is -2.50. The summed E-state index contributed by atoms with van der Waals surface area (Å²) in [5.41, 5.74) is 6.54. The van der Waals surface area contributed by atoms with Gasteiger partial charge in [-0.1, -0.05) is 35.3 Å². The summed E-state index contributed by atoms with van der Waals surface area (Å²) < 4.78 is 16.4. The maximum Gasteiger partial charge on any atom is 0.254 e. The van der Waals surface area contributed by atoms with Crippen LogP contribution in [0.15, 0.2) is 47.8 Å². The zero-order valence-corrected chi connectivity index (χ0v) is 27.0. The van der Waals surface area contributed by atoms with Crippen molar-refractivity contribution in [2.24, 2.45) is 5.73 Å². The van der Waals surface area contributed by atoms with Gasteiger partial charge in [-0.3, -0.25) is 9.59 Å². The van der Waals surface area contributed by atoms with E-state index in [4.69, 9.17) is 43.1 Å². The zero-order chi connectivity index (χ0) is 30.8. The topological polar surface area (TPSA) is 94.3 Å². The maximum absolute atomic E-state index is 13.9. The molecule has 0 aliphatic carbocycles. The minimum absolute atomic E-state index is 0.110. The summed E-state index contributed by atoms with van der Waals surface area (Å²) in [6.45, 7) is 3.46. The molecule has 230 valence electrons. The van der Waals surface area contributed by atoms with Crippen LogP contribution in [0.2, 0.25) is 10.0 Å². The average molecular weight is 647 g/mol. The van der Waals surface area contributed by atoms with Crippen LogP contribution in [0.5, 0.6) is 17.2 Å². The van der Waals surface area contributed by atoms with Gasteiger partial charge in [0.05, 0.1) is 36.8 Å². The molecule has 1 aromatic heterocycles. The number of hydrogen-bond acceptors (Lipinski definition) is 7. The summed E-state index contributed by atoms with van der Waals surface area (Å²) in [5.74, 6) is 0.939. The first-order chi connectivity index (χ1) is 20.7. The molecule has 3 aromatic rings. The Morgan fingerprint density at radius 2 is 1.63 bits per heavy atom. The van der Waals surface area contributed by atoms with Crippen LogP contribution in [0.3, 0.4) is 0 Å². The van der Waals surface area contributed by atoms with E-state index in [0.29, 0.717) is 58.8 Å². The zero-order valence-electron chi connectivity index (χ0n) is 24.7. The summed E-state index contributed by atoms with van der Waals surface area (Å²) in [6, 6.07) is 13.2. The average Bonchev–Trinajstić information content (AvgIpc) is 3.72. The molecule has 43 heavy (non-hydrogen) atoms. The monoisotopic (exact) mass is 645 g/mol. The number of hydrogen-bond donors (Lipinski definition) is 1. The van der Waals surface area contributed by atoms with Gasteiger partial charge in [0.2, 0.25) is 11.7 Å². The number of piperidine rings is 1. The third kappa shape index (κ3) is 6.05. The molecule has 11 heteroatoms. The summed E-state index contributed by atoms with van der Waals surface area (Å²) in [5, 5.41) is 2.99. The molecule has 2 fully saturated rings. The Morgan fingerprint density at radius 3 is 2.19 bits per heavy atom. The van der Waals surface area contributed by atoms with E-state index in [1.165, 1.54) is 21.3 Å². The molecule has 0 radical (unpaired) electrons. The molecule has 8 nitrogen and oxygen atoms in total. The Balaban J connectivity index is 1.36. The van der Waals surface area contributed by atoms with Crippen LogP contribution in [0.4, 0.5) is 0 Å². The van der Waals surface area contributed by atoms with Crippen LogP contribution in [-0.2, 0) is 15.6 Å². The second kappa shape index (κ2) is 12.9. The van der Waals surface area contributed by atoms with Gasteiger partial charge >= 0.3 is 0 Å². The van der Waals surface area contributed by atoms with Gasteiger partial charge in [-0.25, -0.2) is 0 Å². The van der Waals surface area contributed by atoms with Crippen molar-refractivity contribution in [1.29, 1.82) is 0 Å². The number of rotatable bonds is 10. The molecule has 0 spiro atoms. The van der Waals surface area contributed by atoms with Crippen molar-refractivity contribution in [3.8, 4) is 17.2 Å². The van der Waals surface area contributed by atoms with Crippen molar-refractivity contribution in [3.05, 3.63) is 73.9 Å². The van der Waals surface area contributed by atoms with Crippen LogP contribution < -0.4 is 19.9 Å². The minimum Gasteiger partial charge on any atom is -0.493 e. The number of methoxy groups -OCH3 is 3. The van der Waals surface area contributed by atoms with Crippen LogP contribution in [0.25, 0.3) is 0 Å². The minimum atomic E-state index is -0.608. The number of thiophene rings is 1. The van der Waals surface area contributed by atoms with Crippen molar-refractivity contribution in [2.75, 3.05) is 54.1 Å². The van der Waals surface area contributed by atoms with Crippen molar-refractivity contribution in [3.63, 3.8) is 0 Å². The highest BCUT2D eigenvalue weighted by molar-refractivity contribution is 7.10. The largest absolute Gasteiger partial charge is 0.493 e. The van der Waals surface area contributed by atoms with Gasteiger partial charge in [0.25, 0.3) is 5.91 Å². The molecular weight excluding hydrogens is 609 g/mol. The number of ether oxygens (including phenoxy) is 3. The Morgan fingerprint density at radius 1 is 0.930 bits per heavy atom. The van der Waals surface area contributed by atoms with E-state index in [-0.39, 0.29) is 17.2 Å². The van der Waals surface area contributed by atoms with Gasteiger partial charge in [0.1, 0.15) is 0 Å². The SMILES string of the molecule is COc1cc(C(=O)N2CCC(CCN3CCC(C(N)=O)(c4cccs4)CC3)(c3ccc(Cl)c(Cl)c3)C2)cc(OC)c1OC. The molecule has 2 N–H and O–H groups in total. The molecule has 2 aliphatic heterocycles. The first-order valence-corrected chi connectivity index (χ1v) is 15.9. The lowest BCUT2D eigenvalue weighted by atomic mass is 9.75. The van der Waals surface area contributed by atoms with Gasteiger partial charge in [-0.2, -0.15) is 0 Å². The molecule has 1 unspecified atom stereocenters. The number of carbonyl (C=O) groups excluding carboxylic acids is 2. The third-order valence-corrected chi connectivity index (χ3v) is 11.0. The molecule has 0 bridgehead atoms. The number of amides is 2. The Hall–Kier alpha value is -2.98. The number of primary amides is 1. The number of likely N-dealkylation sites (tertiary alicyclic amines) is 2. The lowest BCUT2D eigenvalue weighted by Gasteiger charge is -2.40. The van der Waals surface area contributed by atoms with E-state index in [9.17, 15) is 9.59 Å². The summed E-state index contributed by atoms with van der Waals surface area (Å²) in [4.78, 5) is 31.8. The van der Waals surface area contributed by atoms with Crippen molar-refractivity contribution in [2.45, 2.75) is 36.5 Å². The van der Waals surface area contributed by atoms with E-state index >= 15 is 0 Å². The number of nitrogens with two attached hydrogens (primary N) is 1. The Bertz CT molecular complexity index is 1450. The first-order valence-electron chi connectivity index (χ1n) is 14.3. The third-order valence-electron chi connectivity index (χ3n) is 9.17. The van der Waals surface area contributed by atoms with E-state index < -0.39 is 5.41 Å². The van der Waals surface area contributed by atoms with Gasteiger partial charge in [-0.15, -0.1) is 11.3 Å². The quantitative estimate of drug-likeness (QED) is 0.301. The highest BCUT2D eigenvalue weighted by atomic mass is 35.5. The van der Waals surface area contributed by atoms with Gasteiger partial charge < -0.3 is 29.7 Å². The van der Waals surface area contributed by atoms with Crippen LogP contribution in [0.1, 0.15) is 46.5 Å². The summed E-state index contributed by atoms with van der Waals surface area (Å²) in [6.07, 6.45) is 2.96. The van der Waals surface area contributed by atoms with E-state index in [1.807, 2.05) is 40.6 Å². The molecule has 5 rings (SSSR count). The normalized spacial score (nSPS) is 20.2. The number of nitrogens with zero attached hydrogens (tertiary/aromatic N) is 2. The molecule has 3 heterocycles. The van der Waals surface area contributed by atoms with Crippen LogP contribution in [0, 0.1) is 0 Å². The fourth-order valence-electron chi connectivity index (χ4n) is 6.54. The smallest absolute Gasteiger partial charge is 0.254 e. The number of halogens is 2. The van der Waals surface area contributed by atoms with Gasteiger partial charge in [0, 0.05) is 28.9 Å². The van der Waals surface area contributed by atoms with E-state index in [2.05, 4.69) is 4.90 Å². The second-order valence-electron chi connectivity index (χ2n) is 11.3. The predicted molar refractivity (Wildman–Crippen MR) is 170 cm³/mol. The Labute approximate surface area is 266 Å². The molecule has 2 aliphatic rings. The van der Waals surface area contributed by atoms with Gasteiger partial charge in [-0.05, 0) is 86.6 Å². The fraction of sp³-hybridized carbons (Fsp3) is 0.438. The van der Waals surface area contributed by atoms with Crippen molar-refractivity contribution < 1.29 is 23.8 Å². The molecule has 0 saturated carbocycles. The van der Waals surface area contributed by atoms with E-state index in [0.717, 1.165) is 42.9 Å². The number of benzene rings is 2. The highest BCUT2D eigenvalue weighted by Gasteiger charge is 2.45. The van der Waals surface area contributed by atoms with Gasteiger partial charge in [0.15, 0.2) is 11.5 Å². The predicted octanol–water partition coefficient (Wildman–Crippen LogP) is 5.77. The van der Waals surface area contributed by atoms with Crippen LogP contribution >= 0.6 is 34.5 Å². The first kappa shape index (κ1) is 31.4. The molecular formula is C32H37Cl2N3O5S. The van der Waals surface area contributed by atoms with Crippen molar-refractivity contribution in [1.82, 2.24) is 9.80 Å². The standard InChI is InChI=1S/C32H37Cl2N3O5S/c1-40-25-17-21(18-26(41-2)28(25)42-3)29(38)37-15-9-31(20-37,22-6-7-23(33)24(34)19-22)8-12-36-13-10-32(11-14-36,30(35)39)27-5-4-16-43-27/h4-7,16-19H,8-15,20H2,1-3H3,(H2,35,39). The summed E-state index contributed by atoms with van der Waals surface area (Å²) in [7, 11) is 4.60. The second-order valence-corrected chi connectivity index (χ2v) is 13.1. The highest BCUT2D eigenvalue weighted by Crippen LogP contribution is 2.43. The van der Waals surface area contributed by atoms with E-state index in [1.54, 1.807) is 23.5 Å². The van der Waals surface area contributed by atoms with Crippen molar-refractivity contribution >= 4 is 46.4 Å². The molecule has 2 saturated heterocycles. The van der Waals surface area contributed by atoms with Crippen LogP contribution in [-0.4, -0.2) is 75.7 Å². The number of carbonyl (C=O) groups is 2. The molecule has 2 aromatic carbocycles. The molecule has 2 amide bonds. The fourth-order valence-corrected chi connectivity index (χ4v) is 7.83. The maximum atomic E-state index is 13.9. The Kier molecular flexibility index (Phi) is 9.46.